The Morgan fingerprint density at radius 3 is 2.35 bits per heavy atom. The van der Waals surface area contributed by atoms with E-state index in [0.29, 0.717) is 24.4 Å². The van der Waals surface area contributed by atoms with Crippen molar-refractivity contribution in [1.29, 1.82) is 0 Å². The van der Waals surface area contributed by atoms with E-state index in [4.69, 9.17) is 15.6 Å². The molecule has 0 saturated heterocycles. The first-order valence-electron chi connectivity index (χ1n) is 8.46. The van der Waals surface area contributed by atoms with Crippen LogP contribution in [0.4, 0.5) is 5.69 Å². The van der Waals surface area contributed by atoms with Crippen LogP contribution in [0.2, 0.25) is 0 Å². The Labute approximate surface area is 153 Å². The number of carbonyl (C=O) groups excluding carboxylic acids is 2. The molecule has 0 radical (unpaired) electrons. The zero-order valence-corrected chi connectivity index (χ0v) is 15.4. The van der Waals surface area contributed by atoms with Gasteiger partial charge in [-0.15, -0.1) is 0 Å². The highest BCUT2D eigenvalue weighted by molar-refractivity contribution is 6.11. The number of Topliss-reactive ketones (excluding diaryl/α,β-unsaturated/α-hetero) is 1. The molecule has 8 heteroatoms. The van der Waals surface area contributed by atoms with Crippen LogP contribution in [0.15, 0.2) is 24.3 Å². The van der Waals surface area contributed by atoms with Gasteiger partial charge in [-0.1, -0.05) is 13.8 Å². The average molecular weight is 365 g/mol. The minimum atomic E-state index is -1.86. The van der Waals surface area contributed by atoms with E-state index in [1.54, 1.807) is 24.3 Å². The number of amides is 1. The summed E-state index contributed by atoms with van der Waals surface area (Å²) in [7, 11) is 0. The van der Waals surface area contributed by atoms with Gasteiger partial charge in [-0.3, -0.25) is 20.1 Å². The zero-order valence-electron chi connectivity index (χ0n) is 15.4. The Balaban J connectivity index is 2.70. The molecule has 0 aliphatic heterocycles. The number of carboxylic acids is 1. The van der Waals surface area contributed by atoms with Crippen LogP contribution < -0.4 is 21.1 Å². The van der Waals surface area contributed by atoms with E-state index in [0.717, 1.165) is 0 Å². The molecule has 5 N–H and O–H groups in total. The number of aliphatic carboxylic acids is 1. The molecule has 0 aliphatic carbocycles. The van der Waals surface area contributed by atoms with Crippen LogP contribution in [-0.4, -0.2) is 41.6 Å². The summed E-state index contributed by atoms with van der Waals surface area (Å²) in [5.74, 6) is -1.18. The van der Waals surface area contributed by atoms with E-state index in [1.807, 2.05) is 13.8 Å². The molecule has 1 rings (SSSR count). The number of hydrogen-bond donors (Lipinski definition) is 4. The fraction of sp³-hybridized carbons (Fsp3) is 0.500. The van der Waals surface area contributed by atoms with Crippen molar-refractivity contribution >= 4 is 23.3 Å². The van der Waals surface area contributed by atoms with Crippen molar-refractivity contribution < 1.29 is 24.2 Å². The highest BCUT2D eigenvalue weighted by Crippen LogP contribution is 2.19. The second-order valence-electron chi connectivity index (χ2n) is 6.46. The number of nitrogens with two attached hydrogens (primary N) is 1. The molecule has 0 heterocycles. The maximum atomic E-state index is 12.3. The Morgan fingerprint density at radius 2 is 1.85 bits per heavy atom. The molecule has 1 aromatic rings. The van der Waals surface area contributed by atoms with E-state index in [-0.39, 0.29) is 18.9 Å². The second kappa shape index (κ2) is 9.76. The zero-order chi connectivity index (χ0) is 19.7. The first-order valence-corrected chi connectivity index (χ1v) is 8.46. The molecule has 0 spiro atoms. The molecule has 1 atom stereocenters. The van der Waals surface area contributed by atoms with E-state index in [9.17, 15) is 14.4 Å². The van der Waals surface area contributed by atoms with E-state index >= 15 is 0 Å². The molecule has 8 nitrogen and oxygen atoms in total. The summed E-state index contributed by atoms with van der Waals surface area (Å²) in [6.07, 6.45) is 0.445. The van der Waals surface area contributed by atoms with Gasteiger partial charge in [0.15, 0.2) is 5.78 Å². The van der Waals surface area contributed by atoms with Crippen molar-refractivity contribution in [1.82, 2.24) is 5.32 Å². The summed E-state index contributed by atoms with van der Waals surface area (Å²) >= 11 is 0. The van der Waals surface area contributed by atoms with Gasteiger partial charge in [0, 0.05) is 18.7 Å². The molecule has 0 saturated carbocycles. The lowest BCUT2D eigenvalue weighted by Crippen LogP contribution is -2.64. The fourth-order valence-corrected chi connectivity index (χ4v) is 2.02. The lowest BCUT2D eigenvalue weighted by molar-refractivity contribution is -0.137. The quantitative estimate of drug-likeness (QED) is 0.264. The summed E-state index contributed by atoms with van der Waals surface area (Å²) in [5, 5.41) is 14.0. The maximum absolute atomic E-state index is 12.3. The van der Waals surface area contributed by atoms with Crippen molar-refractivity contribution in [2.75, 3.05) is 18.5 Å². The first kappa shape index (κ1) is 21.4. The van der Waals surface area contributed by atoms with Crippen LogP contribution in [0.5, 0.6) is 5.75 Å². The van der Waals surface area contributed by atoms with Crippen LogP contribution in [0.25, 0.3) is 0 Å². The van der Waals surface area contributed by atoms with Crippen LogP contribution in [0.3, 0.4) is 0 Å². The van der Waals surface area contributed by atoms with Gasteiger partial charge in [-0.25, -0.2) is 0 Å². The molecule has 144 valence electrons. The molecular formula is C18H27N3O5. The van der Waals surface area contributed by atoms with Gasteiger partial charge in [-0.2, -0.15) is 0 Å². The van der Waals surface area contributed by atoms with Crippen molar-refractivity contribution in [2.24, 2.45) is 11.7 Å². The lowest BCUT2D eigenvalue weighted by Gasteiger charge is -2.28. The maximum Gasteiger partial charge on any atom is 0.303 e. The molecular weight excluding hydrogens is 338 g/mol. The Bertz CT molecular complexity index is 630. The van der Waals surface area contributed by atoms with Gasteiger partial charge in [-0.05, 0) is 43.5 Å². The van der Waals surface area contributed by atoms with Crippen molar-refractivity contribution in [2.45, 2.75) is 39.3 Å². The van der Waals surface area contributed by atoms with Gasteiger partial charge in [0.1, 0.15) is 5.75 Å². The summed E-state index contributed by atoms with van der Waals surface area (Å²) in [5.41, 5.74) is 4.63. The van der Waals surface area contributed by atoms with Gasteiger partial charge < -0.3 is 20.5 Å². The molecule has 0 aromatic heterocycles. The Morgan fingerprint density at radius 1 is 1.23 bits per heavy atom. The predicted molar refractivity (Wildman–Crippen MR) is 97.9 cm³/mol. The highest BCUT2D eigenvalue weighted by atomic mass is 16.5. The van der Waals surface area contributed by atoms with E-state index < -0.39 is 23.3 Å². The molecule has 0 aliphatic rings. The third-order valence-corrected chi connectivity index (χ3v) is 3.58. The lowest BCUT2D eigenvalue weighted by atomic mass is 10.0. The molecule has 1 unspecified atom stereocenters. The van der Waals surface area contributed by atoms with Crippen LogP contribution in [0.1, 0.15) is 33.6 Å². The molecule has 0 fully saturated rings. The topological polar surface area (TPSA) is 131 Å². The standard InChI is InChI=1S/C18H27N3O5/c1-12(2)11-20-17(25)18(19,13(3)22)21-14-6-8-15(9-7-14)26-10-4-5-16(23)24/h6-9,12,21H,4-5,10-11,19H2,1-3H3,(H,20,25)(H,23,24). The van der Waals surface area contributed by atoms with E-state index in [1.165, 1.54) is 6.92 Å². The Kier molecular flexibility index (Phi) is 8.05. The summed E-state index contributed by atoms with van der Waals surface area (Å²) in [4.78, 5) is 34.7. The number of nitrogens with one attached hydrogen (secondary N) is 2. The number of ketones is 1. The number of benzene rings is 1. The number of carboxylic acid groups (broad SMARTS) is 1. The smallest absolute Gasteiger partial charge is 0.303 e. The van der Waals surface area contributed by atoms with Crippen LogP contribution in [-0.2, 0) is 14.4 Å². The third kappa shape index (κ3) is 6.72. The number of carbonyl (C=O) groups is 3. The van der Waals surface area contributed by atoms with Gasteiger partial charge in [0.25, 0.3) is 5.91 Å². The number of ether oxygens (including phenoxy) is 1. The molecule has 26 heavy (non-hydrogen) atoms. The largest absolute Gasteiger partial charge is 0.494 e. The summed E-state index contributed by atoms with van der Waals surface area (Å²) < 4.78 is 5.43. The van der Waals surface area contributed by atoms with Crippen molar-refractivity contribution in [3.8, 4) is 5.75 Å². The number of hydrogen-bond acceptors (Lipinski definition) is 6. The third-order valence-electron chi connectivity index (χ3n) is 3.58. The summed E-state index contributed by atoms with van der Waals surface area (Å²) in [6, 6.07) is 6.56. The fourth-order valence-electron chi connectivity index (χ4n) is 2.02. The van der Waals surface area contributed by atoms with Crippen LogP contribution in [0, 0.1) is 5.92 Å². The monoisotopic (exact) mass is 365 g/mol. The first-order chi connectivity index (χ1) is 12.1. The number of rotatable bonds is 11. The highest BCUT2D eigenvalue weighted by Gasteiger charge is 2.39. The Hall–Kier alpha value is -2.61. The minimum absolute atomic E-state index is 0.0411. The van der Waals surface area contributed by atoms with Gasteiger partial charge >= 0.3 is 5.97 Å². The SMILES string of the molecule is CC(=O)C(N)(Nc1ccc(OCCCC(=O)O)cc1)C(=O)NCC(C)C. The van der Waals surface area contributed by atoms with Crippen LogP contribution >= 0.6 is 0 Å². The molecule has 1 aromatic carbocycles. The van der Waals surface area contributed by atoms with Crippen molar-refractivity contribution in [3.63, 3.8) is 0 Å². The molecule has 0 bridgehead atoms. The van der Waals surface area contributed by atoms with Crippen molar-refractivity contribution in [3.05, 3.63) is 24.3 Å². The van der Waals surface area contributed by atoms with Gasteiger partial charge in [0.2, 0.25) is 5.66 Å². The second-order valence-corrected chi connectivity index (χ2v) is 6.46. The predicted octanol–water partition coefficient (Wildman–Crippen LogP) is 1.36. The normalized spacial score (nSPS) is 13.0. The number of anilines is 1. The van der Waals surface area contributed by atoms with Gasteiger partial charge in [0.05, 0.1) is 6.61 Å². The average Bonchev–Trinajstić information content (AvgIpc) is 2.57. The molecule has 1 amide bonds. The summed E-state index contributed by atoms with van der Waals surface area (Å²) in [6.45, 7) is 5.83. The van der Waals surface area contributed by atoms with E-state index in [2.05, 4.69) is 10.6 Å². The minimum Gasteiger partial charge on any atom is -0.494 e.